The first-order valence-corrected chi connectivity index (χ1v) is 5.98. The lowest BCUT2D eigenvalue weighted by Gasteiger charge is -2.20. The van der Waals surface area contributed by atoms with Gasteiger partial charge in [-0.25, -0.2) is 0 Å². The van der Waals surface area contributed by atoms with E-state index in [9.17, 15) is 14.9 Å². The average molecular weight is 266 g/mol. The molecule has 0 spiro atoms. The molecule has 0 unspecified atom stereocenters. The molecule has 0 N–H and O–H groups in total. The lowest BCUT2D eigenvalue weighted by Crippen LogP contribution is -2.20. The second-order valence-corrected chi connectivity index (χ2v) is 4.33. The number of hydrogen-bond acceptors (Lipinski definition) is 5. The van der Waals surface area contributed by atoms with Gasteiger partial charge in [-0.2, -0.15) is 0 Å². The summed E-state index contributed by atoms with van der Waals surface area (Å²) < 4.78 is 4.57. The number of non-ortho nitro benzene ring substituents is 1. The van der Waals surface area contributed by atoms with Crippen LogP contribution in [0.5, 0.6) is 0 Å². The zero-order valence-corrected chi connectivity index (χ0v) is 11.4. The van der Waals surface area contributed by atoms with Crippen LogP contribution in [0.2, 0.25) is 0 Å². The Morgan fingerprint density at radius 1 is 1.47 bits per heavy atom. The molecule has 0 heterocycles. The van der Waals surface area contributed by atoms with Gasteiger partial charge in [0, 0.05) is 37.8 Å². The van der Waals surface area contributed by atoms with Crippen LogP contribution in [0.15, 0.2) is 18.2 Å². The van der Waals surface area contributed by atoms with E-state index >= 15 is 0 Å². The van der Waals surface area contributed by atoms with Crippen molar-refractivity contribution in [1.82, 2.24) is 0 Å². The zero-order chi connectivity index (χ0) is 14.4. The van der Waals surface area contributed by atoms with Crippen molar-refractivity contribution in [2.75, 3.05) is 25.6 Å². The van der Waals surface area contributed by atoms with Gasteiger partial charge in [0.1, 0.15) is 0 Å². The first kappa shape index (κ1) is 14.9. The highest BCUT2D eigenvalue weighted by Crippen LogP contribution is 2.24. The zero-order valence-electron chi connectivity index (χ0n) is 11.4. The van der Waals surface area contributed by atoms with Crippen LogP contribution in [0.3, 0.4) is 0 Å². The molecule has 0 saturated heterocycles. The molecule has 0 amide bonds. The molecule has 0 saturated carbocycles. The van der Waals surface area contributed by atoms with E-state index < -0.39 is 4.92 Å². The van der Waals surface area contributed by atoms with Gasteiger partial charge in [-0.1, -0.05) is 6.07 Å². The lowest BCUT2D eigenvalue weighted by atomic mass is 10.1. The van der Waals surface area contributed by atoms with Gasteiger partial charge in [-0.3, -0.25) is 14.9 Å². The number of ether oxygens (including phenoxy) is 1. The fourth-order valence-corrected chi connectivity index (χ4v) is 1.81. The minimum atomic E-state index is -0.411. The number of nitro benzene ring substituents is 1. The van der Waals surface area contributed by atoms with Crippen molar-refractivity contribution in [3.05, 3.63) is 33.9 Å². The molecule has 1 aromatic rings. The number of carbonyl (C=O) groups is 1. The van der Waals surface area contributed by atoms with Gasteiger partial charge in [-0.15, -0.1) is 0 Å². The van der Waals surface area contributed by atoms with Crippen LogP contribution >= 0.6 is 0 Å². The lowest BCUT2D eigenvalue weighted by molar-refractivity contribution is -0.384. The normalized spacial score (nSPS) is 10.1. The Morgan fingerprint density at radius 3 is 2.74 bits per heavy atom. The molecule has 1 aromatic carbocycles. The molecule has 6 heteroatoms. The Kier molecular flexibility index (Phi) is 5.29. The molecule has 0 aliphatic heterocycles. The fourth-order valence-electron chi connectivity index (χ4n) is 1.81. The maximum Gasteiger partial charge on any atom is 0.305 e. The van der Waals surface area contributed by atoms with Crippen molar-refractivity contribution in [3.8, 4) is 0 Å². The van der Waals surface area contributed by atoms with E-state index in [4.69, 9.17) is 0 Å². The summed E-state index contributed by atoms with van der Waals surface area (Å²) >= 11 is 0. The minimum Gasteiger partial charge on any atom is -0.469 e. The van der Waals surface area contributed by atoms with Crippen LogP contribution in [0, 0.1) is 17.0 Å². The Balaban J connectivity index is 2.70. The van der Waals surface area contributed by atoms with Crippen LogP contribution in [0.4, 0.5) is 11.4 Å². The standard InChI is InChI=1S/C13H18N2O4/c1-10-6-7-11(15(17)18)9-12(10)14(2)8-4-5-13(16)19-3/h6-7,9H,4-5,8H2,1-3H3. The first-order chi connectivity index (χ1) is 8.95. The molecular formula is C13H18N2O4. The van der Waals surface area contributed by atoms with Crippen molar-refractivity contribution >= 4 is 17.3 Å². The third kappa shape index (κ3) is 4.24. The van der Waals surface area contributed by atoms with E-state index in [0.29, 0.717) is 19.4 Å². The van der Waals surface area contributed by atoms with Crippen molar-refractivity contribution in [2.45, 2.75) is 19.8 Å². The second kappa shape index (κ2) is 6.72. The Labute approximate surface area is 112 Å². The molecule has 0 fully saturated rings. The molecule has 0 aliphatic rings. The molecule has 6 nitrogen and oxygen atoms in total. The third-order valence-electron chi connectivity index (χ3n) is 2.92. The van der Waals surface area contributed by atoms with Crippen molar-refractivity contribution < 1.29 is 14.5 Å². The molecule has 0 aromatic heterocycles. The summed E-state index contributed by atoms with van der Waals surface area (Å²) in [5.41, 5.74) is 1.84. The predicted molar refractivity (Wildman–Crippen MR) is 72.4 cm³/mol. The number of methoxy groups -OCH3 is 1. The number of nitro groups is 1. The van der Waals surface area contributed by atoms with Gasteiger partial charge >= 0.3 is 5.97 Å². The van der Waals surface area contributed by atoms with E-state index in [2.05, 4.69) is 4.74 Å². The van der Waals surface area contributed by atoms with Crippen molar-refractivity contribution in [2.24, 2.45) is 0 Å². The predicted octanol–water partition coefficient (Wildman–Crippen LogP) is 2.29. The Morgan fingerprint density at radius 2 is 2.16 bits per heavy atom. The number of aryl methyl sites for hydroxylation is 1. The molecular weight excluding hydrogens is 248 g/mol. The first-order valence-electron chi connectivity index (χ1n) is 5.98. The number of carbonyl (C=O) groups excluding carboxylic acids is 1. The van der Waals surface area contributed by atoms with Crippen LogP contribution in [0.25, 0.3) is 0 Å². The average Bonchev–Trinajstić information content (AvgIpc) is 2.38. The van der Waals surface area contributed by atoms with Crippen molar-refractivity contribution in [1.29, 1.82) is 0 Å². The smallest absolute Gasteiger partial charge is 0.305 e. The summed E-state index contributed by atoms with van der Waals surface area (Å²) in [4.78, 5) is 23.3. The number of nitrogens with zero attached hydrogens (tertiary/aromatic N) is 2. The Bertz CT molecular complexity index is 474. The van der Waals surface area contributed by atoms with Gasteiger partial charge in [0.05, 0.1) is 12.0 Å². The van der Waals surface area contributed by atoms with Gasteiger partial charge in [0.15, 0.2) is 0 Å². The van der Waals surface area contributed by atoms with Crippen LogP contribution in [0.1, 0.15) is 18.4 Å². The fraction of sp³-hybridized carbons (Fsp3) is 0.462. The van der Waals surface area contributed by atoms with Crippen LogP contribution < -0.4 is 4.90 Å². The topological polar surface area (TPSA) is 72.7 Å². The largest absolute Gasteiger partial charge is 0.469 e. The molecule has 0 atom stereocenters. The monoisotopic (exact) mass is 266 g/mol. The number of anilines is 1. The molecule has 0 bridgehead atoms. The number of esters is 1. The third-order valence-corrected chi connectivity index (χ3v) is 2.92. The van der Waals surface area contributed by atoms with Gasteiger partial charge in [-0.05, 0) is 18.9 Å². The summed E-state index contributed by atoms with van der Waals surface area (Å²) in [6.07, 6.45) is 0.986. The molecule has 104 valence electrons. The van der Waals surface area contributed by atoms with E-state index in [1.165, 1.54) is 13.2 Å². The summed E-state index contributed by atoms with van der Waals surface area (Å²) in [5, 5.41) is 10.8. The van der Waals surface area contributed by atoms with Gasteiger partial charge in [0.25, 0.3) is 5.69 Å². The molecule has 1 rings (SSSR count). The SMILES string of the molecule is COC(=O)CCCN(C)c1cc([N+](=O)[O-])ccc1C. The van der Waals surface area contributed by atoms with E-state index in [1.54, 1.807) is 12.1 Å². The highest BCUT2D eigenvalue weighted by molar-refractivity contribution is 5.69. The van der Waals surface area contributed by atoms with Gasteiger partial charge in [0.2, 0.25) is 0 Å². The summed E-state index contributed by atoms with van der Waals surface area (Å²) in [5.74, 6) is -0.246. The molecule has 19 heavy (non-hydrogen) atoms. The highest BCUT2D eigenvalue weighted by atomic mass is 16.6. The molecule has 0 radical (unpaired) electrons. The second-order valence-electron chi connectivity index (χ2n) is 4.33. The van der Waals surface area contributed by atoms with E-state index in [1.807, 2.05) is 18.9 Å². The molecule has 0 aliphatic carbocycles. The summed E-state index contributed by atoms with van der Waals surface area (Å²) in [6, 6.07) is 4.76. The summed E-state index contributed by atoms with van der Waals surface area (Å²) in [7, 11) is 3.21. The van der Waals surface area contributed by atoms with Crippen LogP contribution in [-0.2, 0) is 9.53 Å². The van der Waals surface area contributed by atoms with Crippen molar-refractivity contribution in [3.63, 3.8) is 0 Å². The van der Waals surface area contributed by atoms with Gasteiger partial charge < -0.3 is 9.64 Å². The quantitative estimate of drug-likeness (QED) is 0.448. The van der Waals surface area contributed by atoms with E-state index in [-0.39, 0.29) is 11.7 Å². The maximum absolute atomic E-state index is 11.0. The number of rotatable bonds is 6. The number of benzene rings is 1. The minimum absolute atomic E-state index is 0.0698. The van der Waals surface area contributed by atoms with Crippen LogP contribution in [-0.4, -0.2) is 31.6 Å². The maximum atomic E-state index is 11.0. The summed E-state index contributed by atoms with van der Waals surface area (Å²) in [6.45, 7) is 2.53. The highest BCUT2D eigenvalue weighted by Gasteiger charge is 2.12. The van der Waals surface area contributed by atoms with E-state index in [0.717, 1.165) is 11.3 Å². The number of hydrogen-bond donors (Lipinski definition) is 0. The Hall–Kier alpha value is -2.11.